The van der Waals surface area contributed by atoms with Gasteiger partial charge in [0.1, 0.15) is 5.75 Å². The number of aryl methyl sites for hydroxylation is 1. The molecule has 3 aromatic rings. The fourth-order valence-electron chi connectivity index (χ4n) is 3.77. The van der Waals surface area contributed by atoms with Crippen LogP contribution in [0.1, 0.15) is 24.8 Å². The number of rotatable bonds is 8. The summed E-state index contributed by atoms with van der Waals surface area (Å²) in [6, 6.07) is 11.4. The van der Waals surface area contributed by atoms with Crippen molar-refractivity contribution in [2.75, 3.05) is 13.7 Å². The van der Waals surface area contributed by atoms with E-state index in [1.807, 2.05) is 54.1 Å². The lowest BCUT2D eigenvalue weighted by Gasteiger charge is -2.18. The topological polar surface area (TPSA) is 102 Å². The summed E-state index contributed by atoms with van der Waals surface area (Å²) in [6.45, 7) is 3.73. The molecule has 1 aliphatic heterocycles. The van der Waals surface area contributed by atoms with Crippen LogP contribution in [0.5, 0.6) is 5.75 Å². The van der Waals surface area contributed by atoms with E-state index in [2.05, 4.69) is 15.5 Å². The molecule has 0 saturated carbocycles. The van der Waals surface area contributed by atoms with Crippen LogP contribution in [0.15, 0.2) is 47.1 Å². The summed E-state index contributed by atoms with van der Waals surface area (Å²) in [6.07, 6.45) is 2.13. The molecule has 1 saturated heterocycles. The number of ether oxygens (including phenoxy) is 1. The largest absolute Gasteiger partial charge is 0.496 e. The van der Waals surface area contributed by atoms with Gasteiger partial charge in [-0.1, -0.05) is 23.4 Å². The number of likely N-dealkylation sites (tertiary alicyclic amines) is 1. The van der Waals surface area contributed by atoms with E-state index < -0.39 is 5.92 Å². The van der Waals surface area contributed by atoms with Crippen LogP contribution in [0.4, 0.5) is 0 Å². The molecule has 1 unspecified atom stereocenters. The summed E-state index contributed by atoms with van der Waals surface area (Å²) < 4.78 is 12.6. The standard InChI is InChI=1S/C22H25N5O4/c1-3-26-10-6-8-17(26)21-24-19(31-25-21)12-23-22(29)16-11-20(28)27(14-16)13-15-7-4-5-9-18(15)30-2/h4-10,16H,3,11-14H2,1-2H3,(H,23,29). The van der Waals surface area contributed by atoms with Crippen molar-refractivity contribution in [2.45, 2.75) is 33.0 Å². The second-order valence-electron chi connectivity index (χ2n) is 7.40. The van der Waals surface area contributed by atoms with Gasteiger partial charge < -0.3 is 24.0 Å². The summed E-state index contributed by atoms with van der Waals surface area (Å²) in [7, 11) is 1.60. The molecule has 4 rings (SSSR count). The van der Waals surface area contributed by atoms with E-state index in [4.69, 9.17) is 9.26 Å². The number of carbonyl (C=O) groups excluding carboxylic acids is 2. The van der Waals surface area contributed by atoms with Gasteiger partial charge in [0.15, 0.2) is 0 Å². The quantitative estimate of drug-likeness (QED) is 0.596. The lowest BCUT2D eigenvalue weighted by Crippen LogP contribution is -2.32. The maximum atomic E-state index is 12.6. The smallest absolute Gasteiger partial charge is 0.246 e. The number of benzene rings is 1. The van der Waals surface area contributed by atoms with Gasteiger partial charge in [-0.2, -0.15) is 4.98 Å². The number of carbonyl (C=O) groups is 2. The van der Waals surface area contributed by atoms with Gasteiger partial charge in [0.2, 0.25) is 23.5 Å². The van der Waals surface area contributed by atoms with Gasteiger partial charge in [0.05, 0.1) is 25.3 Å². The first kappa shape index (κ1) is 20.6. The highest BCUT2D eigenvalue weighted by Gasteiger charge is 2.34. The van der Waals surface area contributed by atoms with E-state index in [0.29, 0.717) is 24.8 Å². The Morgan fingerprint density at radius 1 is 1.29 bits per heavy atom. The molecular formula is C22H25N5O4. The second kappa shape index (κ2) is 9.03. The molecule has 0 bridgehead atoms. The number of aromatic nitrogens is 3. The molecule has 1 atom stereocenters. The lowest BCUT2D eigenvalue weighted by atomic mass is 10.1. The zero-order valence-electron chi connectivity index (χ0n) is 17.6. The Bertz CT molecular complexity index is 1070. The van der Waals surface area contributed by atoms with E-state index in [1.54, 1.807) is 12.0 Å². The molecule has 2 amide bonds. The third-order valence-corrected chi connectivity index (χ3v) is 5.42. The molecule has 1 fully saturated rings. The van der Waals surface area contributed by atoms with Gasteiger partial charge in [0.25, 0.3) is 0 Å². The molecule has 31 heavy (non-hydrogen) atoms. The van der Waals surface area contributed by atoms with E-state index in [9.17, 15) is 9.59 Å². The van der Waals surface area contributed by atoms with Crippen molar-refractivity contribution in [1.29, 1.82) is 0 Å². The number of para-hydroxylation sites is 1. The summed E-state index contributed by atoms with van der Waals surface area (Å²) in [5.74, 6) is 0.864. The minimum atomic E-state index is -0.415. The van der Waals surface area contributed by atoms with Crippen molar-refractivity contribution in [3.05, 3.63) is 54.0 Å². The van der Waals surface area contributed by atoms with Crippen LogP contribution >= 0.6 is 0 Å². The highest BCUT2D eigenvalue weighted by molar-refractivity contribution is 5.89. The highest BCUT2D eigenvalue weighted by Crippen LogP contribution is 2.25. The predicted octanol–water partition coefficient (Wildman–Crippen LogP) is 2.23. The third-order valence-electron chi connectivity index (χ3n) is 5.42. The fourth-order valence-corrected chi connectivity index (χ4v) is 3.77. The SMILES string of the molecule is CCn1cccc1-c1noc(CNC(=O)C2CC(=O)N(Cc3ccccc3OC)C2)n1. The van der Waals surface area contributed by atoms with Crippen molar-refractivity contribution in [3.63, 3.8) is 0 Å². The molecular weight excluding hydrogens is 398 g/mol. The summed E-state index contributed by atoms with van der Waals surface area (Å²) in [5, 5.41) is 6.81. The zero-order valence-corrected chi connectivity index (χ0v) is 17.6. The zero-order chi connectivity index (χ0) is 21.8. The molecule has 2 aromatic heterocycles. The third kappa shape index (κ3) is 4.45. The Morgan fingerprint density at radius 3 is 2.94 bits per heavy atom. The van der Waals surface area contributed by atoms with Gasteiger partial charge in [-0.3, -0.25) is 9.59 Å². The molecule has 162 valence electrons. The van der Waals surface area contributed by atoms with Crippen molar-refractivity contribution in [2.24, 2.45) is 5.92 Å². The minimum absolute atomic E-state index is 0.0496. The molecule has 1 aromatic carbocycles. The van der Waals surface area contributed by atoms with Crippen LogP contribution < -0.4 is 10.1 Å². The monoisotopic (exact) mass is 423 g/mol. The van der Waals surface area contributed by atoms with Crippen LogP contribution in [0, 0.1) is 5.92 Å². The fraction of sp³-hybridized carbons (Fsp3) is 0.364. The summed E-state index contributed by atoms with van der Waals surface area (Å²) in [5.41, 5.74) is 1.77. The van der Waals surface area contributed by atoms with Gasteiger partial charge >= 0.3 is 0 Å². The number of amides is 2. The normalized spacial score (nSPS) is 16.0. The highest BCUT2D eigenvalue weighted by atomic mass is 16.5. The average Bonchev–Trinajstić information content (AvgIpc) is 3.52. The molecule has 1 N–H and O–H groups in total. The van der Waals surface area contributed by atoms with Crippen molar-refractivity contribution < 1.29 is 18.8 Å². The molecule has 9 heteroatoms. The van der Waals surface area contributed by atoms with Gasteiger partial charge in [0, 0.05) is 37.8 Å². The van der Waals surface area contributed by atoms with E-state index in [0.717, 1.165) is 23.6 Å². The summed E-state index contributed by atoms with van der Waals surface area (Å²) >= 11 is 0. The Hall–Kier alpha value is -3.62. The van der Waals surface area contributed by atoms with E-state index >= 15 is 0 Å². The van der Waals surface area contributed by atoms with Gasteiger partial charge in [-0.15, -0.1) is 0 Å². The van der Waals surface area contributed by atoms with Crippen molar-refractivity contribution in [1.82, 2.24) is 24.9 Å². The predicted molar refractivity (Wildman–Crippen MR) is 112 cm³/mol. The molecule has 1 aliphatic rings. The molecule has 3 heterocycles. The van der Waals surface area contributed by atoms with Crippen LogP contribution in [-0.4, -0.2) is 45.1 Å². The summed E-state index contributed by atoms with van der Waals surface area (Å²) in [4.78, 5) is 31.1. The maximum Gasteiger partial charge on any atom is 0.246 e. The maximum absolute atomic E-state index is 12.6. The average molecular weight is 423 g/mol. The Kier molecular flexibility index (Phi) is 6.01. The van der Waals surface area contributed by atoms with Gasteiger partial charge in [-0.25, -0.2) is 0 Å². The first-order valence-corrected chi connectivity index (χ1v) is 10.2. The number of hydrogen-bond donors (Lipinski definition) is 1. The first-order chi connectivity index (χ1) is 15.1. The molecule has 0 radical (unpaired) electrons. The molecule has 0 aliphatic carbocycles. The van der Waals surface area contributed by atoms with Crippen molar-refractivity contribution in [3.8, 4) is 17.3 Å². The van der Waals surface area contributed by atoms with Crippen LogP contribution in [0.3, 0.4) is 0 Å². The minimum Gasteiger partial charge on any atom is -0.496 e. The number of methoxy groups -OCH3 is 1. The Morgan fingerprint density at radius 2 is 2.13 bits per heavy atom. The number of nitrogens with one attached hydrogen (secondary N) is 1. The van der Waals surface area contributed by atoms with Gasteiger partial charge in [-0.05, 0) is 25.1 Å². The van der Waals surface area contributed by atoms with E-state index in [1.165, 1.54) is 0 Å². The second-order valence-corrected chi connectivity index (χ2v) is 7.40. The van der Waals surface area contributed by atoms with Crippen LogP contribution in [0.2, 0.25) is 0 Å². The number of hydrogen-bond acceptors (Lipinski definition) is 6. The Labute approximate surface area is 180 Å². The van der Waals surface area contributed by atoms with Crippen LogP contribution in [-0.2, 0) is 29.2 Å². The van der Waals surface area contributed by atoms with Crippen LogP contribution in [0.25, 0.3) is 11.5 Å². The lowest BCUT2D eigenvalue weighted by molar-refractivity contribution is -0.129. The first-order valence-electron chi connectivity index (χ1n) is 10.2. The number of nitrogens with zero attached hydrogens (tertiary/aromatic N) is 4. The molecule has 0 spiro atoms. The Balaban J connectivity index is 1.33. The van der Waals surface area contributed by atoms with Crippen molar-refractivity contribution >= 4 is 11.8 Å². The van der Waals surface area contributed by atoms with E-state index in [-0.39, 0.29) is 24.8 Å². The molecule has 9 nitrogen and oxygen atoms in total.